The van der Waals surface area contributed by atoms with Crippen LogP contribution in [0.3, 0.4) is 0 Å². The molecule has 5 rings (SSSR count). The number of nitrogens with two attached hydrogens (primary N) is 2. The molecule has 0 heterocycles. The number of aryl methyl sites for hydroxylation is 2. The lowest BCUT2D eigenvalue weighted by molar-refractivity contribution is 0.280. The van der Waals surface area contributed by atoms with E-state index in [1.165, 1.54) is 122 Å². The van der Waals surface area contributed by atoms with E-state index in [1.807, 2.05) is 0 Å². The highest BCUT2D eigenvalue weighted by Crippen LogP contribution is 2.47. The molecule has 47 heavy (non-hydrogen) atoms. The van der Waals surface area contributed by atoms with Gasteiger partial charge in [0.2, 0.25) is 0 Å². The van der Waals surface area contributed by atoms with Gasteiger partial charge in [-0.3, -0.25) is 0 Å². The largest absolute Gasteiger partial charge is 0.399 e. The number of unbranched alkanes of at least 4 members (excludes halogenated alkanes) is 4. The van der Waals surface area contributed by atoms with Gasteiger partial charge in [-0.2, -0.15) is 0 Å². The van der Waals surface area contributed by atoms with Gasteiger partial charge in [0.25, 0.3) is 0 Å². The number of nitrogen functional groups attached to an aromatic ring is 2. The summed E-state index contributed by atoms with van der Waals surface area (Å²) in [6.45, 7) is 11.5. The van der Waals surface area contributed by atoms with Crippen LogP contribution in [0.5, 0.6) is 0 Å². The van der Waals surface area contributed by atoms with Crippen molar-refractivity contribution in [2.45, 2.75) is 129 Å². The second kappa shape index (κ2) is 16.1. The number of anilines is 2. The van der Waals surface area contributed by atoms with Crippen LogP contribution in [-0.4, -0.2) is 0 Å². The first-order valence-electron chi connectivity index (χ1n) is 18.7. The summed E-state index contributed by atoms with van der Waals surface area (Å²) in [5.74, 6) is 1.59. The zero-order valence-electron chi connectivity index (χ0n) is 30.0. The summed E-state index contributed by atoms with van der Waals surface area (Å²) in [7, 11) is 0. The SMILES string of the molecule is CCCCCC(c1ccc(C2(c3ccc(C(CCCCC)c4ccc(N)cc4C)cc3)CCC(C)CC2)cc1)c1ccc(N)cc1C. The van der Waals surface area contributed by atoms with Gasteiger partial charge in [0.15, 0.2) is 0 Å². The molecule has 250 valence electrons. The van der Waals surface area contributed by atoms with E-state index in [-0.39, 0.29) is 5.41 Å². The van der Waals surface area contributed by atoms with E-state index in [9.17, 15) is 0 Å². The molecule has 2 unspecified atom stereocenters. The Hall–Kier alpha value is -3.52. The predicted octanol–water partition coefficient (Wildman–Crippen LogP) is 12.4. The van der Waals surface area contributed by atoms with E-state index >= 15 is 0 Å². The summed E-state index contributed by atoms with van der Waals surface area (Å²) < 4.78 is 0. The average molecular weight is 629 g/mol. The first kappa shape index (κ1) is 34.8. The van der Waals surface area contributed by atoms with Crippen molar-refractivity contribution in [2.24, 2.45) is 5.92 Å². The highest BCUT2D eigenvalue weighted by Gasteiger charge is 2.37. The van der Waals surface area contributed by atoms with Crippen LogP contribution in [0.4, 0.5) is 11.4 Å². The third kappa shape index (κ3) is 8.14. The van der Waals surface area contributed by atoms with Crippen LogP contribution in [-0.2, 0) is 5.41 Å². The molecule has 1 saturated carbocycles. The number of hydrogen-bond acceptors (Lipinski definition) is 2. The monoisotopic (exact) mass is 628 g/mol. The van der Waals surface area contributed by atoms with E-state index in [0.717, 1.165) is 17.3 Å². The van der Waals surface area contributed by atoms with E-state index in [2.05, 4.69) is 120 Å². The third-order valence-corrected chi connectivity index (χ3v) is 11.4. The van der Waals surface area contributed by atoms with Crippen LogP contribution < -0.4 is 11.5 Å². The molecule has 2 atom stereocenters. The Morgan fingerprint density at radius 2 is 1.00 bits per heavy atom. The molecular weight excluding hydrogens is 569 g/mol. The molecule has 4 N–H and O–H groups in total. The van der Waals surface area contributed by atoms with Crippen molar-refractivity contribution in [3.63, 3.8) is 0 Å². The topological polar surface area (TPSA) is 52.0 Å². The van der Waals surface area contributed by atoms with Crippen LogP contribution in [0.1, 0.15) is 154 Å². The zero-order chi connectivity index (χ0) is 33.4. The molecule has 4 aromatic rings. The van der Waals surface area contributed by atoms with Crippen molar-refractivity contribution >= 4 is 11.4 Å². The van der Waals surface area contributed by atoms with Crippen molar-refractivity contribution in [1.29, 1.82) is 0 Å². The van der Waals surface area contributed by atoms with E-state index in [0.29, 0.717) is 11.8 Å². The molecule has 0 aliphatic heterocycles. The number of benzene rings is 4. The van der Waals surface area contributed by atoms with Crippen LogP contribution >= 0.6 is 0 Å². The lowest BCUT2D eigenvalue weighted by atomic mass is 9.63. The Kier molecular flexibility index (Phi) is 11.9. The molecule has 2 heteroatoms. The summed E-state index contributed by atoms with van der Waals surface area (Å²) in [5, 5.41) is 0. The Balaban J connectivity index is 1.48. The molecule has 0 aromatic heterocycles. The van der Waals surface area contributed by atoms with Gasteiger partial charge in [-0.25, -0.2) is 0 Å². The van der Waals surface area contributed by atoms with Gasteiger partial charge in [-0.15, -0.1) is 0 Å². The summed E-state index contributed by atoms with van der Waals surface area (Å²) in [6.07, 6.45) is 14.8. The molecule has 0 spiro atoms. The smallest absolute Gasteiger partial charge is 0.0316 e. The highest BCUT2D eigenvalue weighted by molar-refractivity contribution is 5.51. The number of rotatable bonds is 14. The maximum Gasteiger partial charge on any atom is 0.0316 e. The van der Waals surface area contributed by atoms with Crippen molar-refractivity contribution in [2.75, 3.05) is 11.5 Å². The normalized spacial score (nSPS) is 19.4. The van der Waals surface area contributed by atoms with Crippen molar-refractivity contribution in [3.05, 3.63) is 129 Å². The Bertz CT molecular complexity index is 1450. The standard InChI is InChI=1S/C45H60N2/c1-6-8-10-12-43(41-24-22-39(46)30-33(41)4)35-14-18-37(19-15-35)45(28-26-32(3)27-29-45)38-20-16-36(17-21-38)44(13-11-9-7-2)42-25-23-40(47)31-34(42)5/h14-25,30-32,43-44H,6-13,26-29,46-47H2,1-5H3. The maximum atomic E-state index is 6.16. The van der Waals surface area contributed by atoms with Gasteiger partial charge in [-0.1, -0.05) is 120 Å². The number of hydrogen-bond donors (Lipinski definition) is 2. The fourth-order valence-corrected chi connectivity index (χ4v) is 8.45. The quantitative estimate of drug-likeness (QED) is 0.108. The summed E-state index contributed by atoms with van der Waals surface area (Å²) in [5.41, 5.74) is 25.4. The van der Waals surface area contributed by atoms with Crippen molar-refractivity contribution < 1.29 is 0 Å². The second-order valence-electron chi connectivity index (χ2n) is 14.8. The maximum absolute atomic E-state index is 6.16. The zero-order valence-corrected chi connectivity index (χ0v) is 30.0. The summed E-state index contributed by atoms with van der Waals surface area (Å²) >= 11 is 0. The molecule has 4 aromatic carbocycles. The van der Waals surface area contributed by atoms with Crippen molar-refractivity contribution in [3.8, 4) is 0 Å². The molecule has 0 amide bonds. The van der Waals surface area contributed by atoms with E-state index in [1.54, 1.807) is 0 Å². The minimum Gasteiger partial charge on any atom is -0.399 e. The van der Waals surface area contributed by atoms with Crippen molar-refractivity contribution in [1.82, 2.24) is 0 Å². The molecule has 1 aliphatic rings. The second-order valence-corrected chi connectivity index (χ2v) is 14.8. The van der Waals surface area contributed by atoms with Gasteiger partial charge in [-0.05, 0) is 127 Å². The molecule has 0 saturated heterocycles. The minimum atomic E-state index is 0.0627. The van der Waals surface area contributed by atoms with Crippen LogP contribution in [0.25, 0.3) is 0 Å². The van der Waals surface area contributed by atoms with Gasteiger partial charge < -0.3 is 11.5 Å². The predicted molar refractivity (Wildman–Crippen MR) is 204 cm³/mol. The molecule has 0 bridgehead atoms. The lowest BCUT2D eigenvalue weighted by Crippen LogP contribution is -2.32. The van der Waals surface area contributed by atoms with Gasteiger partial charge in [0.05, 0.1) is 0 Å². The van der Waals surface area contributed by atoms with Gasteiger partial charge in [0.1, 0.15) is 0 Å². The van der Waals surface area contributed by atoms with Crippen LogP contribution in [0.2, 0.25) is 0 Å². The average Bonchev–Trinajstić information content (AvgIpc) is 3.07. The van der Waals surface area contributed by atoms with E-state index in [4.69, 9.17) is 11.5 Å². The summed E-state index contributed by atoms with van der Waals surface area (Å²) in [4.78, 5) is 0. The van der Waals surface area contributed by atoms with E-state index < -0.39 is 0 Å². The third-order valence-electron chi connectivity index (χ3n) is 11.4. The first-order chi connectivity index (χ1) is 22.8. The lowest BCUT2D eigenvalue weighted by Gasteiger charge is -2.41. The molecular formula is C45H60N2. The fraction of sp³-hybridized carbons (Fsp3) is 0.467. The highest BCUT2D eigenvalue weighted by atomic mass is 14.5. The fourth-order valence-electron chi connectivity index (χ4n) is 8.45. The molecule has 1 fully saturated rings. The van der Waals surface area contributed by atoms with Gasteiger partial charge in [0, 0.05) is 28.6 Å². The molecule has 2 nitrogen and oxygen atoms in total. The van der Waals surface area contributed by atoms with Gasteiger partial charge >= 0.3 is 0 Å². The van der Waals surface area contributed by atoms with Crippen LogP contribution in [0.15, 0.2) is 84.9 Å². The Morgan fingerprint density at radius 3 is 1.36 bits per heavy atom. The first-order valence-corrected chi connectivity index (χ1v) is 18.7. The Labute approximate surface area is 286 Å². The van der Waals surface area contributed by atoms with Crippen LogP contribution in [0, 0.1) is 19.8 Å². The molecule has 1 aliphatic carbocycles. The Morgan fingerprint density at radius 1 is 0.596 bits per heavy atom. The summed E-state index contributed by atoms with van der Waals surface area (Å²) in [6, 6.07) is 32.7. The molecule has 0 radical (unpaired) electrons. The minimum absolute atomic E-state index is 0.0627.